The molecule has 0 atom stereocenters. The number of H-pyrrole nitrogens is 1. The van der Waals surface area contributed by atoms with E-state index < -0.39 is 0 Å². The molecule has 1 saturated carbocycles. The van der Waals surface area contributed by atoms with Crippen LogP contribution in [-0.2, 0) is 0 Å². The molecule has 2 N–H and O–H groups in total. The Kier molecular flexibility index (Phi) is 3.34. The Morgan fingerprint density at radius 3 is 2.81 bits per heavy atom. The monoisotopic (exact) mass is 221 g/mol. The minimum Gasteiger partial charge on any atom is -0.348 e. The summed E-state index contributed by atoms with van der Waals surface area (Å²) in [5, 5.41) is 2.91. The number of hydrogen-bond acceptors (Lipinski definition) is 3. The van der Waals surface area contributed by atoms with Crippen LogP contribution in [0, 0.1) is 0 Å². The van der Waals surface area contributed by atoms with Crippen LogP contribution in [0.3, 0.4) is 0 Å². The van der Waals surface area contributed by atoms with Gasteiger partial charge in [-0.25, -0.2) is 4.98 Å². The maximum atomic E-state index is 11.7. The quantitative estimate of drug-likeness (QED) is 0.776. The lowest BCUT2D eigenvalue weighted by molar-refractivity contribution is 0.0922. The highest BCUT2D eigenvalue weighted by Gasteiger charge is 2.17. The molecular formula is C11H15N3O2. The van der Waals surface area contributed by atoms with E-state index in [1.54, 1.807) is 0 Å². The van der Waals surface area contributed by atoms with Gasteiger partial charge in [0.1, 0.15) is 5.69 Å². The summed E-state index contributed by atoms with van der Waals surface area (Å²) in [6, 6.07) is 1.46. The predicted octanol–water partition coefficient (Wildman–Crippen LogP) is 0.832. The summed E-state index contributed by atoms with van der Waals surface area (Å²) in [4.78, 5) is 29.0. The Morgan fingerprint density at radius 2 is 2.12 bits per heavy atom. The van der Waals surface area contributed by atoms with Crippen molar-refractivity contribution in [3.05, 3.63) is 28.4 Å². The molecule has 1 amide bonds. The Morgan fingerprint density at radius 1 is 1.38 bits per heavy atom. The minimum absolute atomic E-state index is 0.189. The molecule has 0 saturated heterocycles. The normalized spacial score (nSPS) is 17.0. The molecule has 0 bridgehead atoms. The highest BCUT2D eigenvalue weighted by atomic mass is 16.2. The van der Waals surface area contributed by atoms with Gasteiger partial charge in [0.05, 0.1) is 6.33 Å². The van der Waals surface area contributed by atoms with Gasteiger partial charge in [-0.3, -0.25) is 9.59 Å². The molecule has 86 valence electrons. The van der Waals surface area contributed by atoms with Crippen LogP contribution in [0.2, 0.25) is 0 Å². The van der Waals surface area contributed by atoms with E-state index in [0.717, 1.165) is 25.7 Å². The fourth-order valence-electron chi connectivity index (χ4n) is 2.00. The van der Waals surface area contributed by atoms with Crippen LogP contribution in [0.5, 0.6) is 0 Å². The van der Waals surface area contributed by atoms with Crippen molar-refractivity contribution in [2.45, 2.75) is 38.1 Å². The lowest BCUT2D eigenvalue weighted by atomic mass is 9.95. The van der Waals surface area contributed by atoms with Crippen LogP contribution in [0.4, 0.5) is 0 Å². The highest BCUT2D eigenvalue weighted by Crippen LogP contribution is 2.17. The summed E-state index contributed by atoms with van der Waals surface area (Å²) >= 11 is 0. The smallest absolute Gasteiger partial charge is 0.270 e. The van der Waals surface area contributed by atoms with Crippen LogP contribution in [0.1, 0.15) is 42.6 Å². The molecule has 5 nitrogen and oxygen atoms in total. The van der Waals surface area contributed by atoms with Crippen molar-refractivity contribution in [2.24, 2.45) is 0 Å². The molecule has 1 aliphatic rings. The van der Waals surface area contributed by atoms with Gasteiger partial charge in [-0.05, 0) is 12.8 Å². The van der Waals surface area contributed by atoms with Gasteiger partial charge >= 0.3 is 0 Å². The number of rotatable bonds is 2. The third-order valence-electron chi connectivity index (χ3n) is 2.85. The van der Waals surface area contributed by atoms with Crippen molar-refractivity contribution in [1.29, 1.82) is 0 Å². The van der Waals surface area contributed by atoms with Gasteiger partial charge in [0.2, 0.25) is 0 Å². The van der Waals surface area contributed by atoms with Crippen molar-refractivity contribution in [3.63, 3.8) is 0 Å². The molecule has 0 radical (unpaired) electrons. The van der Waals surface area contributed by atoms with Crippen LogP contribution in [-0.4, -0.2) is 21.9 Å². The van der Waals surface area contributed by atoms with E-state index in [0.29, 0.717) is 0 Å². The van der Waals surface area contributed by atoms with E-state index in [2.05, 4.69) is 15.3 Å². The lowest BCUT2D eigenvalue weighted by Crippen LogP contribution is -2.37. The van der Waals surface area contributed by atoms with Crippen LogP contribution < -0.4 is 10.9 Å². The second-order valence-corrected chi connectivity index (χ2v) is 4.10. The number of nitrogens with one attached hydrogen (secondary N) is 2. The molecule has 0 aromatic carbocycles. The highest BCUT2D eigenvalue weighted by molar-refractivity contribution is 5.92. The first-order valence-corrected chi connectivity index (χ1v) is 5.61. The summed E-state index contributed by atoms with van der Waals surface area (Å²) in [6.45, 7) is 0. The number of aromatic amines is 1. The average Bonchev–Trinajstić information content (AvgIpc) is 2.30. The molecule has 1 heterocycles. The summed E-state index contributed by atoms with van der Waals surface area (Å²) in [5.41, 5.74) is -0.113. The topological polar surface area (TPSA) is 74.8 Å². The van der Waals surface area contributed by atoms with Crippen molar-refractivity contribution < 1.29 is 4.79 Å². The molecule has 1 aromatic heterocycles. The van der Waals surface area contributed by atoms with Crippen LogP contribution >= 0.6 is 0 Å². The van der Waals surface area contributed by atoms with Gasteiger partial charge in [0.15, 0.2) is 0 Å². The van der Waals surface area contributed by atoms with Gasteiger partial charge in [0.25, 0.3) is 11.5 Å². The van der Waals surface area contributed by atoms with Crippen molar-refractivity contribution in [1.82, 2.24) is 15.3 Å². The zero-order valence-corrected chi connectivity index (χ0v) is 9.03. The van der Waals surface area contributed by atoms with E-state index in [9.17, 15) is 9.59 Å². The van der Waals surface area contributed by atoms with Crippen molar-refractivity contribution in [3.8, 4) is 0 Å². The molecule has 0 aliphatic heterocycles. The minimum atomic E-state index is -0.302. The van der Waals surface area contributed by atoms with Gasteiger partial charge < -0.3 is 10.3 Å². The van der Waals surface area contributed by atoms with Crippen LogP contribution in [0.15, 0.2) is 17.2 Å². The fourth-order valence-corrected chi connectivity index (χ4v) is 2.00. The molecule has 1 aromatic rings. The Hall–Kier alpha value is -1.65. The Labute approximate surface area is 93.3 Å². The summed E-state index contributed by atoms with van der Waals surface area (Å²) in [6.07, 6.45) is 6.86. The van der Waals surface area contributed by atoms with Gasteiger partial charge in [-0.1, -0.05) is 19.3 Å². The SMILES string of the molecule is O=C(NC1CCCCC1)c1cc(=O)[nH]cn1. The molecule has 16 heavy (non-hydrogen) atoms. The van der Waals surface area contributed by atoms with E-state index in [1.807, 2.05) is 0 Å². The first-order chi connectivity index (χ1) is 7.75. The first kappa shape index (κ1) is 10.9. The average molecular weight is 221 g/mol. The maximum Gasteiger partial charge on any atom is 0.270 e. The Balaban J connectivity index is 1.99. The first-order valence-electron chi connectivity index (χ1n) is 5.61. The Bertz CT molecular complexity index is 421. The fraction of sp³-hybridized carbons (Fsp3) is 0.545. The second kappa shape index (κ2) is 4.92. The zero-order valence-electron chi connectivity index (χ0n) is 9.03. The maximum absolute atomic E-state index is 11.7. The van der Waals surface area contributed by atoms with E-state index in [4.69, 9.17) is 0 Å². The standard InChI is InChI=1S/C11H15N3O2/c15-10-6-9(12-7-13-10)11(16)14-8-4-2-1-3-5-8/h6-8H,1-5H2,(H,14,16)(H,12,13,15). The predicted molar refractivity (Wildman–Crippen MR) is 59.2 cm³/mol. The number of hydrogen-bond donors (Lipinski definition) is 2. The molecule has 0 spiro atoms. The number of aromatic nitrogens is 2. The molecule has 5 heteroatoms. The number of carbonyl (C=O) groups is 1. The largest absolute Gasteiger partial charge is 0.348 e. The summed E-state index contributed by atoms with van der Waals surface area (Å²) in [5.74, 6) is -0.252. The molecule has 0 unspecified atom stereocenters. The molecular weight excluding hydrogens is 206 g/mol. The van der Waals surface area contributed by atoms with Gasteiger partial charge in [0, 0.05) is 12.1 Å². The van der Waals surface area contributed by atoms with E-state index in [1.165, 1.54) is 18.8 Å². The molecule has 1 fully saturated rings. The van der Waals surface area contributed by atoms with Gasteiger partial charge in [-0.15, -0.1) is 0 Å². The zero-order chi connectivity index (χ0) is 11.4. The lowest BCUT2D eigenvalue weighted by Gasteiger charge is -2.22. The molecule has 2 rings (SSSR count). The third kappa shape index (κ3) is 2.68. The number of amides is 1. The number of nitrogens with zero attached hydrogens (tertiary/aromatic N) is 1. The number of carbonyl (C=O) groups excluding carboxylic acids is 1. The van der Waals surface area contributed by atoms with Crippen molar-refractivity contribution in [2.75, 3.05) is 0 Å². The van der Waals surface area contributed by atoms with E-state index >= 15 is 0 Å². The van der Waals surface area contributed by atoms with Crippen molar-refractivity contribution >= 4 is 5.91 Å². The van der Waals surface area contributed by atoms with Crippen LogP contribution in [0.25, 0.3) is 0 Å². The molecule has 1 aliphatic carbocycles. The van der Waals surface area contributed by atoms with Gasteiger partial charge in [-0.2, -0.15) is 0 Å². The third-order valence-corrected chi connectivity index (χ3v) is 2.85. The van der Waals surface area contributed by atoms with E-state index in [-0.39, 0.29) is 23.2 Å². The summed E-state index contributed by atoms with van der Waals surface area (Å²) in [7, 11) is 0. The second-order valence-electron chi connectivity index (χ2n) is 4.10. The summed E-state index contributed by atoms with van der Waals surface area (Å²) < 4.78 is 0.